The lowest BCUT2D eigenvalue weighted by Crippen LogP contribution is -2.19. The van der Waals surface area contributed by atoms with E-state index in [9.17, 15) is 9.90 Å². The highest BCUT2D eigenvalue weighted by atomic mass is 35.5. The summed E-state index contributed by atoms with van der Waals surface area (Å²) in [6.45, 7) is 2.76. The van der Waals surface area contributed by atoms with Gasteiger partial charge < -0.3 is 19.3 Å². The average molecular weight is 599 g/mol. The third-order valence-corrected chi connectivity index (χ3v) is 9.82. The molecule has 5 nitrogen and oxygen atoms in total. The molecule has 0 bridgehead atoms. The number of thiophene rings is 1. The number of ether oxygens (including phenoxy) is 3. The van der Waals surface area contributed by atoms with E-state index in [0.29, 0.717) is 17.9 Å². The Kier molecular flexibility index (Phi) is 12.1. The molecule has 1 heterocycles. The molecule has 41 heavy (non-hydrogen) atoms. The van der Waals surface area contributed by atoms with Crippen LogP contribution >= 0.6 is 22.9 Å². The highest BCUT2D eigenvalue weighted by Crippen LogP contribution is 2.45. The Morgan fingerprint density at radius 1 is 1.02 bits per heavy atom. The zero-order chi connectivity index (χ0) is 29.2. The van der Waals surface area contributed by atoms with Crippen LogP contribution in [0.15, 0.2) is 60.7 Å². The molecule has 1 fully saturated rings. The SMILES string of the molecule is CCCCCC(OCc1ccc(OC)cc1)c1ccc([C@@H]2[C@@H](CCCc3ccc(C(=O)OC)s3)[C@H](Cl)C[C@H]2O)cc1. The maximum atomic E-state index is 11.8. The van der Waals surface area contributed by atoms with Gasteiger partial charge in [0.2, 0.25) is 0 Å². The van der Waals surface area contributed by atoms with Gasteiger partial charge in [0.15, 0.2) is 0 Å². The molecule has 0 radical (unpaired) electrons. The van der Waals surface area contributed by atoms with E-state index in [4.69, 9.17) is 25.8 Å². The number of aryl methyl sites for hydroxylation is 1. The second-order valence-electron chi connectivity index (χ2n) is 11.0. The molecule has 0 saturated heterocycles. The van der Waals surface area contributed by atoms with Crippen LogP contribution in [0.2, 0.25) is 0 Å². The van der Waals surface area contributed by atoms with Crippen LogP contribution in [0.3, 0.4) is 0 Å². The molecule has 5 atom stereocenters. The van der Waals surface area contributed by atoms with Crippen molar-refractivity contribution < 1.29 is 24.1 Å². The largest absolute Gasteiger partial charge is 0.497 e. The molecular formula is C34H43ClO5S. The van der Waals surface area contributed by atoms with Crippen LogP contribution in [0.5, 0.6) is 5.75 Å². The van der Waals surface area contributed by atoms with Crippen molar-refractivity contribution in [1.29, 1.82) is 0 Å². The number of aliphatic hydroxyl groups excluding tert-OH is 1. The normalized spacial score (nSPS) is 21.1. The number of methoxy groups -OCH3 is 2. The number of benzene rings is 2. The number of hydrogen-bond acceptors (Lipinski definition) is 6. The smallest absolute Gasteiger partial charge is 0.348 e. The molecule has 0 amide bonds. The number of esters is 1. The lowest BCUT2D eigenvalue weighted by molar-refractivity contribution is 0.0321. The summed E-state index contributed by atoms with van der Waals surface area (Å²) < 4.78 is 16.5. The van der Waals surface area contributed by atoms with E-state index in [1.54, 1.807) is 7.11 Å². The summed E-state index contributed by atoms with van der Waals surface area (Å²) in [7, 11) is 3.08. The quantitative estimate of drug-likeness (QED) is 0.108. The van der Waals surface area contributed by atoms with E-state index in [1.165, 1.54) is 41.7 Å². The average Bonchev–Trinajstić information content (AvgIpc) is 3.58. The van der Waals surface area contributed by atoms with E-state index >= 15 is 0 Å². The Labute approximate surface area is 253 Å². The summed E-state index contributed by atoms with van der Waals surface area (Å²) in [5.41, 5.74) is 3.43. The molecule has 222 valence electrons. The standard InChI is InChI=1S/C34H43ClO5S/c1-4-5-6-10-31(40-22-23-11-17-26(38-2)18-12-23)24-13-15-25(16-14-24)33-28(29(35)21-30(33)36)9-7-8-27-19-20-32(41-27)34(37)39-3/h11-20,28-31,33,36H,4-10,21-22H2,1-3H3/t28-,29+,30+,31?,33+/m0/s1. The zero-order valence-corrected chi connectivity index (χ0v) is 26.0. The molecule has 1 aliphatic carbocycles. The van der Waals surface area contributed by atoms with Crippen LogP contribution in [0, 0.1) is 5.92 Å². The summed E-state index contributed by atoms with van der Waals surface area (Å²) in [6.07, 6.45) is 7.38. The lowest BCUT2D eigenvalue weighted by Gasteiger charge is -2.25. The monoisotopic (exact) mass is 598 g/mol. The summed E-state index contributed by atoms with van der Waals surface area (Å²) in [5, 5.41) is 10.9. The van der Waals surface area contributed by atoms with E-state index in [1.807, 2.05) is 36.4 Å². The van der Waals surface area contributed by atoms with Crippen LogP contribution in [0.1, 0.15) is 95.1 Å². The maximum absolute atomic E-state index is 11.8. The van der Waals surface area contributed by atoms with Crippen LogP contribution in [0.4, 0.5) is 0 Å². The highest BCUT2D eigenvalue weighted by Gasteiger charge is 2.42. The van der Waals surface area contributed by atoms with Gasteiger partial charge in [0, 0.05) is 16.2 Å². The first kappa shape index (κ1) is 31.6. The molecule has 1 aliphatic rings. The van der Waals surface area contributed by atoms with Gasteiger partial charge >= 0.3 is 5.97 Å². The second kappa shape index (κ2) is 15.7. The van der Waals surface area contributed by atoms with Crippen molar-refractivity contribution in [1.82, 2.24) is 0 Å². The first-order chi connectivity index (χ1) is 19.9. The molecular weight excluding hydrogens is 556 g/mol. The molecule has 7 heteroatoms. The van der Waals surface area contributed by atoms with Gasteiger partial charge in [-0.3, -0.25) is 0 Å². The number of halogens is 1. The van der Waals surface area contributed by atoms with Crippen molar-refractivity contribution in [3.05, 3.63) is 87.1 Å². The van der Waals surface area contributed by atoms with Crippen molar-refractivity contribution in [3.63, 3.8) is 0 Å². The van der Waals surface area contributed by atoms with E-state index < -0.39 is 6.10 Å². The molecule has 1 N–H and O–H groups in total. The van der Waals surface area contributed by atoms with Crippen molar-refractivity contribution in [2.75, 3.05) is 14.2 Å². The maximum Gasteiger partial charge on any atom is 0.348 e. The van der Waals surface area contributed by atoms with Crippen molar-refractivity contribution in [2.24, 2.45) is 5.92 Å². The number of carbonyl (C=O) groups excluding carboxylic acids is 1. The Balaban J connectivity index is 1.40. The number of carbonyl (C=O) groups is 1. The molecule has 0 aliphatic heterocycles. The number of unbranched alkanes of at least 4 members (excludes halogenated alkanes) is 2. The molecule has 3 aromatic rings. The van der Waals surface area contributed by atoms with Crippen molar-refractivity contribution in [3.8, 4) is 5.75 Å². The Bertz CT molecular complexity index is 1210. The predicted octanol–water partition coefficient (Wildman–Crippen LogP) is 8.48. The molecule has 0 spiro atoms. The lowest BCUT2D eigenvalue weighted by atomic mass is 9.84. The fourth-order valence-corrected chi connectivity index (χ4v) is 7.34. The van der Waals surface area contributed by atoms with Gasteiger partial charge in [-0.25, -0.2) is 4.79 Å². The van der Waals surface area contributed by atoms with Gasteiger partial charge in [-0.1, -0.05) is 62.6 Å². The fraction of sp³-hybridized carbons (Fsp3) is 0.500. The van der Waals surface area contributed by atoms with E-state index in [0.717, 1.165) is 49.0 Å². The van der Waals surface area contributed by atoms with Gasteiger partial charge in [-0.05, 0) is 79.0 Å². The minimum absolute atomic E-state index is 0.0132. The highest BCUT2D eigenvalue weighted by molar-refractivity contribution is 7.13. The van der Waals surface area contributed by atoms with Gasteiger partial charge in [0.1, 0.15) is 10.6 Å². The van der Waals surface area contributed by atoms with Crippen LogP contribution < -0.4 is 4.74 Å². The van der Waals surface area contributed by atoms with E-state index in [2.05, 4.69) is 31.2 Å². The summed E-state index contributed by atoms with van der Waals surface area (Å²) >= 11 is 8.28. The minimum Gasteiger partial charge on any atom is -0.497 e. The summed E-state index contributed by atoms with van der Waals surface area (Å²) in [5.74, 6) is 0.765. The zero-order valence-electron chi connectivity index (χ0n) is 24.4. The number of hydrogen-bond donors (Lipinski definition) is 1. The molecule has 1 saturated carbocycles. The van der Waals surface area contributed by atoms with Crippen LogP contribution in [-0.4, -0.2) is 36.8 Å². The Morgan fingerprint density at radius 2 is 1.78 bits per heavy atom. The van der Waals surface area contributed by atoms with Crippen molar-refractivity contribution >= 4 is 28.9 Å². The van der Waals surface area contributed by atoms with Gasteiger partial charge in [-0.15, -0.1) is 22.9 Å². The van der Waals surface area contributed by atoms with Gasteiger partial charge in [0.25, 0.3) is 0 Å². The summed E-state index contributed by atoms with van der Waals surface area (Å²) in [6, 6.07) is 20.5. The number of aliphatic hydroxyl groups is 1. The van der Waals surface area contributed by atoms with Crippen LogP contribution in [0.25, 0.3) is 0 Å². The molecule has 2 aromatic carbocycles. The predicted molar refractivity (Wildman–Crippen MR) is 166 cm³/mol. The first-order valence-electron chi connectivity index (χ1n) is 14.8. The third-order valence-electron chi connectivity index (χ3n) is 8.19. The number of alkyl halides is 1. The van der Waals surface area contributed by atoms with E-state index in [-0.39, 0.29) is 29.3 Å². The minimum atomic E-state index is -0.451. The van der Waals surface area contributed by atoms with Gasteiger partial charge in [-0.2, -0.15) is 0 Å². The molecule has 1 aromatic heterocycles. The Morgan fingerprint density at radius 3 is 2.46 bits per heavy atom. The first-order valence-corrected chi connectivity index (χ1v) is 16.0. The second-order valence-corrected chi connectivity index (χ2v) is 12.7. The third kappa shape index (κ3) is 8.57. The molecule has 4 rings (SSSR count). The Hall–Kier alpha value is -2.38. The van der Waals surface area contributed by atoms with Gasteiger partial charge in [0.05, 0.1) is 33.0 Å². The fourth-order valence-electron chi connectivity index (χ4n) is 5.90. The van der Waals surface area contributed by atoms with Crippen molar-refractivity contribution in [2.45, 2.75) is 88.4 Å². The topological polar surface area (TPSA) is 65.0 Å². The number of rotatable bonds is 15. The van der Waals surface area contributed by atoms with Crippen LogP contribution in [-0.2, 0) is 22.5 Å². The molecule has 1 unspecified atom stereocenters. The summed E-state index contributed by atoms with van der Waals surface area (Å²) in [4.78, 5) is 13.6.